The summed E-state index contributed by atoms with van der Waals surface area (Å²) in [6.45, 7) is 71.7. The highest BCUT2D eigenvalue weighted by Crippen LogP contribution is 2.76. The van der Waals surface area contributed by atoms with Crippen LogP contribution in [0.2, 0.25) is 0 Å². The highest BCUT2D eigenvalue weighted by molar-refractivity contribution is 5.18. The van der Waals surface area contributed by atoms with Gasteiger partial charge in [0.05, 0.1) is 0 Å². The predicted octanol–water partition coefficient (Wildman–Crippen LogP) is 15.1. The first-order chi connectivity index (χ1) is 18.1. The summed E-state index contributed by atoms with van der Waals surface area (Å²) >= 11 is 0. The standard InChI is InChI=1S/C43H88/c1-29-32(6,7)34(10,11)43(28,30-2)42(26,27)41(24,25)40(22,23)39(20,21)38(18,19)37(16,17)36(14,15)35(12,13)33(8,9)31(3,4)5/h29-30H2,1-28H3/t43-/m0/s1. The Morgan fingerprint density at radius 3 is 0.628 bits per heavy atom. The topological polar surface area (TPSA) is 0 Å². The minimum absolute atomic E-state index is 0.0164. The minimum Gasteiger partial charge on any atom is -0.0649 e. The van der Waals surface area contributed by atoms with Gasteiger partial charge in [-0.25, -0.2) is 0 Å². The Balaban J connectivity index is 7.54. The third kappa shape index (κ3) is 5.17. The number of hydrogen-bond donors (Lipinski definition) is 0. The quantitative estimate of drug-likeness (QED) is 0.196. The smallest absolute Gasteiger partial charge is 0.0216 e. The fourth-order valence-electron chi connectivity index (χ4n) is 9.95. The molecular weight excluding hydrogens is 516 g/mol. The van der Waals surface area contributed by atoms with E-state index in [-0.39, 0.29) is 70.4 Å². The molecule has 0 aliphatic carbocycles. The molecule has 0 aliphatic heterocycles. The molecule has 0 saturated carbocycles. The predicted molar refractivity (Wildman–Crippen MR) is 200 cm³/mol. The van der Waals surface area contributed by atoms with Gasteiger partial charge >= 0.3 is 0 Å². The normalized spacial score (nSPS) is 18.1. The van der Waals surface area contributed by atoms with Crippen molar-refractivity contribution in [3.8, 4) is 0 Å². The van der Waals surface area contributed by atoms with Gasteiger partial charge in [0, 0.05) is 0 Å². The largest absolute Gasteiger partial charge is 0.0649 e. The summed E-state index contributed by atoms with van der Waals surface area (Å²) in [7, 11) is 0. The Kier molecular flexibility index (Phi) is 11.0. The molecule has 0 unspecified atom stereocenters. The molecule has 0 heterocycles. The van der Waals surface area contributed by atoms with Crippen LogP contribution in [-0.2, 0) is 0 Å². The van der Waals surface area contributed by atoms with E-state index in [2.05, 4.69) is 194 Å². The SMILES string of the molecule is CCC(C)(C)C(C)(C)[C@](C)(CC)C(C)(C)C(C)(C)C(C)(C)C(C)(C)C(C)(C)C(C)(C)C(C)(C)C(C)(C)C(C)(C)C(C)(C)C. The molecule has 0 aromatic heterocycles. The summed E-state index contributed by atoms with van der Waals surface area (Å²) in [4.78, 5) is 0. The van der Waals surface area contributed by atoms with Gasteiger partial charge < -0.3 is 0 Å². The van der Waals surface area contributed by atoms with Crippen LogP contribution in [0, 0.1) is 70.4 Å². The van der Waals surface area contributed by atoms with Crippen LogP contribution in [0.4, 0.5) is 0 Å². The lowest BCUT2D eigenvalue weighted by atomic mass is 9.31. The number of hydrogen-bond acceptors (Lipinski definition) is 0. The van der Waals surface area contributed by atoms with Crippen LogP contribution in [0.3, 0.4) is 0 Å². The second kappa shape index (κ2) is 11.0. The van der Waals surface area contributed by atoms with Crippen molar-refractivity contribution in [2.24, 2.45) is 70.4 Å². The van der Waals surface area contributed by atoms with Gasteiger partial charge in [-0.05, 0) is 76.8 Å². The monoisotopic (exact) mass is 605 g/mol. The Morgan fingerprint density at radius 1 is 0.233 bits per heavy atom. The second-order valence-corrected chi connectivity index (χ2v) is 22.4. The molecule has 0 heteroatoms. The third-order valence-corrected chi connectivity index (χ3v) is 20.4. The molecule has 0 nitrogen and oxygen atoms in total. The van der Waals surface area contributed by atoms with Gasteiger partial charge in [-0.1, -0.05) is 200 Å². The van der Waals surface area contributed by atoms with Crippen LogP contribution in [0.15, 0.2) is 0 Å². The van der Waals surface area contributed by atoms with Crippen molar-refractivity contribution >= 4 is 0 Å². The molecule has 0 spiro atoms. The van der Waals surface area contributed by atoms with Crippen molar-refractivity contribution in [2.45, 2.75) is 207 Å². The van der Waals surface area contributed by atoms with Gasteiger partial charge in [0.15, 0.2) is 0 Å². The van der Waals surface area contributed by atoms with Gasteiger partial charge in [-0.3, -0.25) is 0 Å². The summed E-state index contributed by atoms with van der Waals surface area (Å²) in [5.74, 6) is 0. The maximum atomic E-state index is 2.63. The maximum absolute atomic E-state index is 2.63. The molecule has 0 radical (unpaired) electrons. The zero-order valence-electron chi connectivity index (χ0n) is 35.9. The highest BCUT2D eigenvalue weighted by atomic mass is 14.7. The summed E-state index contributed by atoms with van der Waals surface area (Å²) in [6.07, 6.45) is 2.37. The Bertz CT molecular complexity index is 958. The highest BCUT2D eigenvalue weighted by Gasteiger charge is 2.70. The molecular formula is C43H88. The molecule has 0 saturated heterocycles. The molecule has 1 atom stereocenters. The van der Waals surface area contributed by atoms with E-state index in [9.17, 15) is 0 Å². The van der Waals surface area contributed by atoms with Crippen LogP contribution in [-0.4, -0.2) is 0 Å². The lowest BCUT2D eigenvalue weighted by molar-refractivity contribution is -0.252. The molecule has 43 heavy (non-hydrogen) atoms. The van der Waals surface area contributed by atoms with Crippen LogP contribution >= 0.6 is 0 Å². The lowest BCUT2D eigenvalue weighted by Crippen LogP contribution is -2.67. The zero-order valence-corrected chi connectivity index (χ0v) is 35.9. The van der Waals surface area contributed by atoms with Gasteiger partial charge in [0.1, 0.15) is 0 Å². The van der Waals surface area contributed by atoms with Crippen LogP contribution in [0.25, 0.3) is 0 Å². The van der Waals surface area contributed by atoms with E-state index in [0.717, 1.165) is 0 Å². The Morgan fingerprint density at radius 2 is 0.442 bits per heavy atom. The fraction of sp³-hybridized carbons (Fsp3) is 1.00. The Labute approximate surface area is 276 Å². The van der Waals surface area contributed by atoms with Crippen molar-refractivity contribution in [2.75, 3.05) is 0 Å². The van der Waals surface area contributed by atoms with E-state index in [4.69, 9.17) is 0 Å². The summed E-state index contributed by atoms with van der Waals surface area (Å²) < 4.78 is 0. The zero-order chi connectivity index (χ0) is 35.9. The van der Waals surface area contributed by atoms with Crippen LogP contribution in [0.5, 0.6) is 0 Å². The molecule has 0 aromatic carbocycles. The van der Waals surface area contributed by atoms with Crippen molar-refractivity contribution in [1.82, 2.24) is 0 Å². The van der Waals surface area contributed by atoms with Gasteiger partial charge in [0.25, 0.3) is 0 Å². The molecule has 260 valence electrons. The molecule has 0 amide bonds. The molecule has 0 rings (SSSR count). The number of rotatable bonds is 13. The van der Waals surface area contributed by atoms with E-state index in [1.165, 1.54) is 12.8 Å². The van der Waals surface area contributed by atoms with Gasteiger partial charge in [-0.2, -0.15) is 0 Å². The molecule has 0 N–H and O–H groups in total. The van der Waals surface area contributed by atoms with E-state index in [1.54, 1.807) is 0 Å². The molecule has 0 aliphatic rings. The van der Waals surface area contributed by atoms with Crippen molar-refractivity contribution in [1.29, 1.82) is 0 Å². The summed E-state index contributed by atoms with van der Waals surface area (Å²) in [5.41, 5.74) is 1.19. The van der Waals surface area contributed by atoms with Gasteiger partial charge in [0.2, 0.25) is 0 Å². The third-order valence-electron chi connectivity index (χ3n) is 20.4. The van der Waals surface area contributed by atoms with Crippen molar-refractivity contribution < 1.29 is 0 Å². The average molecular weight is 605 g/mol. The van der Waals surface area contributed by atoms with Crippen LogP contribution in [0.1, 0.15) is 207 Å². The van der Waals surface area contributed by atoms with E-state index in [1.807, 2.05) is 0 Å². The lowest BCUT2D eigenvalue weighted by Gasteiger charge is -2.73. The summed E-state index contributed by atoms with van der Waals surface area (Å²) in [6, 6.07) is 0. The van der Waals surface area contributed by atoms with E-state index in [0.29, 0.717) is 0 Å². The van der Waals surface area contributed by atoms with Crippen LogP contribution < -0.4 is 0 Å². The van der Waals surface area contributed by atoms with E-state index < -0.39 is 0 Å². The van der Waals surface area contributed by atoms with Crippen molar-refractivity contribution in [3.05, 3.63) is 0 Å². The maximum Gasteiger partial charge on any atom is -0.0216 e. The fourth-order valence-corrected chi connectivity index (χ4v) is 9.95. The summed E-state index contributed by atoms with van der Waals surface area (Å²) in [5, 5.41) is 0. The minimum atomic E-state index is 0.0164. The molecule has 0 aromatic rings. The first-order valence-electron chi connectivity index (χ1n) is 18.1. The van der Waals surface area contributed by atoms with Gasteiger partial charge in [-0.15, -0.1) is 0 Å². The van der Waals surface area contributed by atoms with Crippen molar-refractivity contribution in [3.63, 3.8) is 0 Å². The Hall–Kier alpha value is 0. The second-order valence-electron chi connectivity index (χ2n) is 22.4. The molecule has 0 bridgehead atoms. The van der Waals surface area contributed by atoms with E-state index >= 15 is 0 Å². The first kappa shape index (κ1) is 43.0. The molecule has 0 fully saturated rings. The first-order valence-corrected chi connectivity index (χ1v) is 18.1. The average Bonchev–Trinajstić information content (AvgIpc) is 2.81.